The topological polar surface area (TPSA) is 54.9 Å². The van der Waals surface area contributed by atoms with Crippen LogP contribution in [-0.2, 0) is 0 Å². The molecule has 0 aliphatic carbocycles. The first-order valence-corrected chi connectivity index (χ1v) is 5.67. The molecule has 16 heavy (non-hydrogen) atoms. The van der Waals surface area contributed by atoms with Crippen LogP contribution in [-0.4, -0.2) is 15.5 Å². The van der Waals surface area contributed by atoms with E-state index in [1.165, 1.54) is 6.20 Å². The highest BCUT2D eigenvalue weighted by atomic mass is 35.5. The van der Waals surface area contributed by atoms with Gasteiger partial charge in [-0.25, -0.2) is 0 Å². The number of aromatic nitrogens is 2. The van der Waals surface area contributed by atoms with Crippen molar-refractivity contribution in [3.63, 3.8) is 0 Å². The van der Waals surface area contributed by atoms with Gasteiger partial charge in [0.15, 0.2) is 0 Å². The molecule has 1 amide bonds. The number of hydrogen-bond donors (Lipinski definition) is 1. The van der Waals surface area contributed by atoms with Crippen molar-refractivity contribution in [1.82, 2.24) is 9.59 Å². The minimum absolute atomic E-state index is 0.227. The Bertz CT molecular complexity index is 513. The van der Waals surface area contributed by atoms with E-state index in [9.17, 15) is 4.79 Å². The summed E-state index contributed by atoms with van der Waals surface area (Å²) in [6.07, 6.45) is 1.43. The number of halogens is 1. The minimum Gasteiger partial charge on any atom is -0.321 e. The number of rotatable bonds is 2. The number of amides is 1. The summed E-state index contributed by atoms with van der Waals surface area (Å²) in [5, 5.41) is 6.94. The van der Waals surface area contributed by atoms with Crippen LogP contribution in [0.25, 0.3) is 0 Å². The van der Waals surface area contributed by atoms with Crippen molar-refractivity contribution in [2.45, 2.75) is 6.92 Å². The average Bonchev–Trinajstić information content (AvgIpc) is 2.77. The molecule has 0 bridgehead atoms. The lowest BCUT2D eigenvalue weighted by molar-refractivity contribution is 0.103. The zero-order chi connectivity index (χ0) is 11.5. The molecule has 0 fully saturated rings. The number of benzene rings is 1. The highest BCUT2D eigenvalue weighted by Gasteiger charge is 2.08. The van der Waals surface area contributed by atoms with Gasteiger partial charge in [-0.2, -0.15) is 0 Å². The number of nitrogens with zero attached hydrogens (tertiary/aromatic N) is 2. The molecule has 1 aromatic heterocycles. The Kier molecular flexibility index (Phi) is 3.17. The lowest BCUT2D eigenvalue weighted by Crippen LogP contribution is -2.10. The molecule has 1 heterocycles. The Morgan fingerprint density at radius 1 is 1.50 bits per heavy atom. The first-order valence-electron chi connectivity index (χ1n) is 4.51. The third-order valence-corrected chi connectivity index (χ3v) is 3.09. The first-order chi connectivity index (χ1) is 7.66. The van der Waals surface area contributed by atoms with Gasteiger partial charge in [0.2, 0.25) is 0 Å². The first kappa shape index (κ1) is 11.0. The van der Waals surface area contributed by atoms with Gasteiger partial charge in [-0.05, 0) is 36.2 Å². The fraction of sp³-hybridized carbons (Fsp3) is 0.100. The van der Waals surface area contributed by atoms with Crippen molar-refractivity contribution in [2.75, 3.05) is 5.32 Å². The predicted molar refractivity (Wildman–Crippen MR) is 64.1 cm³/mol. The van der Waals surface area contributed by atoms with Gasteiger partial charge in [0.25, 0.3) is 5.91 Å². The summed E-state index contributed by atoms with van der Waals surface area (Å²) < 4.78 is 3.62. The smallest absolute Gasteiger partial charge is 0.269 e. The van der Waals surface area contributed by atoms with E-state index in [2.05, 4.69) is 14.9 Å². The number of carbonyl (C=O) groups excluding carboxylic acids is 1. The zero-order valence-electron chi connectivity index (χ0n) is 8.40. The molecule has 0 unspecified atom stereocenters. The van der Waals surface area contributed by atoms with Gasteiger partial charge in [-0.3, -0.25) is 4.79 Å². The largest absolute Gasteiger partial charge is 0.321 e. The van der Waals surface area contributed by atoms with Crippen molar-refractivity contribution < 1.29 is 4.79 Å². The van der Waals surface area contributed by atoms with Crippen LogP contribution < -0.4 is 5.32 Å². The van der Waals surface area contributed by atoms with Crippen LogP contribution in [0, 0.1) is 6.92 Å². The number of anilines is 1. The van der Waals surface area contributed by atoms with E-state index in [1.54, 1.807) is 12.1 Å². The summed E-state index contributed by atoms with van der Waals surface area (Å²) in [5.41, 5.74) is 1.63. The van der Waals surface area contributed by atoms with Gasteiger partial charge in [0.05, 0.1) is 6.20 Å². The molecule has 4 nitrogen and oxygen atoms in total. The minimum atomic E-state index is -0.227. The highest BCUT2D eigenvalue weighted by molar-refractivity contribution is 7.07. The van der Waals surface area contributed by atoms with Crippen LogP contribution in [0.4, 0.5) is 5.69 Å². The van der Waals surface area contributed by atoms with E-state index >= 15 is 0 Å². The fourth-order valence-corrected chi connectivity index (χ4v) is 1.72. The van der Waals surface area contributed by atoms with Crippen molar-refractivity contribution in [3.05, 3.63) is 39.9 Å². The van der Waals surface area contributed by atoms with E-state index < -0.39 is 0 Å². The normalized spacial score (nSPS) is 10.1. The Labute approximate surface area is 101 Å². The molecule has 1 N–H and O–H groups in total. The second-order valence-corrected chi connectivity index (χ2v) is 4.39. The molecule has 0 atom stereocenters. The Balaban J connectivity index is 2.15. The molecule has 0 saturated heterocycles. The second kappa shape index (κ2) is 4.59. The molecular weight excluding hydrogens is 246 g/mol. The Morgan fingerprint density at radius 2 is 2.31 bits per heavy atom. The van der Waals surface area contributed by atoms with E-state index in [0.29, 0.717) is 15.6 Å². The number of nitrogens with one attached hydrogen (secondary N) is 1. The second-order valence-electron chi connectivity index (χ2n) is 3.20. The number of hydrogen-bond acceptors (Lipinski definition) is 4. The zero-order valence-corrected chi connectivity index (χ0v) is 9.97. The van der Waals surface area contributed by atoms with Crippen molar-refractivity contribution >= 4 is 34.7 Å². The van der Waals surface area contributed by atoms with Crippen molar-refractivity contribution in [2.24, 2.45) is 0 Å². The molecule has 6 heteroatoms. The van der Waals surface area contributed by atoms with Gasteiger partial charge in [-0.1, -0.05) is 22.2 Å². The summed E-state index contributed by atoms with van der Waals surface area (Å²) in [4.78, 5) is 12.1. The van der Waals surface area contributed by atoms with Crippen LogP contribution in [0.2, 0.25) is 5.02 Å². The Hall–Kier alpha value is -1.46. The molecule has 0 aliphatic rings. The fourth-order valence-electron chi connectivity index (χ4n) is 1.13. The molecule has 2 aromatic rings. The molecule has 1 aromatic carbocycles. The lowest BCUT2D eigenvalue weighted by atomic mass is 10.2. The van der Waals surface area contributed by atoms with Crippen LogP contribution >= 0.6 is 23.1 Å². The molecule has 0 radical (unpaired) electrons. The summed E-state index contributed by atoms with van der Waals surface area (Å²) in [7, 11) is 0. The van der Waals surface area contributed by atoms with Crippen LogP contribution in [0.3, 0.4) is 0 Å². The van der Waals surface area contributed by atoms with Gasteiger partial charge < -0.3 is 5.32 Å². The number of aryl methyl sites for hydroxylation is 1. The van der Waals surface area contributed by atoms with Crippen molar-refractivity contribution in [1.29, 1.82) is 0 Å². The maximum Gasteiger partial charge on any atom is 0.269 e. The maximum absolute atomic E-state index is 11.6. The summed E-state index contributed by atoms with van der Waals surface area (Å²) in [6.45, 7) is 1.90. The third-order valence-electron chi connectivity index (χ3n) is 2.01. The summed E-state index contributed by atoms with van der Waals surface area (Å²) in [5.74, 6) is -0.227. The quantitative estimate of drug-likeness (QED) is 0.895. The van der Waals surface area contributed by atoms with Crippen molar-refractivity contribution in [3.8, 4) is 0 Å². The van der Waals surface area contributed by atoms with Gasteiger partial charge in [0, 0.05) is 10.7 Å². The standard InChI is InChI=1S/C10H8ClN3OS/c1-6-2-3-7(4-8(6)11)13-10(15)9-5-12-14-16-9/h2-5H,1H3,(H,13,15). The van der Waals surface area contributed by atoms with Gasteiger partial charge in [-0.15, -0.1) is 5.10 Å². The van der Waals surface area contributed by atoms with E-state index in [4.69, 9.17) is 11.6 Å². The van der Waals surface area contributed by atoms with E-state index in [1.807, 2.05) is 13.0 Å². The molecule has 0 spiro atoms. The molecule has 0 saturated carbocycles. The average molecular weight is 254 g/mol. The van der Waals surface area contributed by atoms with E-state index in [0.717, 1.165) is 17.1 Å². The van der Waals surface area contributed by atoms with E-state index in [-0.39, 0.29) is 5.91 Å². The summed E-state index contributed by atoms with van der Waals surface area (Å²) >= 11 is 7.00. The molecule has 82 valence electrons. The lowest BCUT2D eigenvalue weighted by Gasteiger charge is -2.04. The van der Waals surface area contributed by atoms with Gasteiger partial charge >= 0.3 is 0 Å². The van der Waals surface area contributed by atoms with Gasteiger partial charge in [0.1, 0.15) is 4.88 Å². The monoisotopic (exact) mass is 253 g/mol. The molecule has 0 aliphatic heterocycles. The maximum atomic E-state index is 11.6. The highest BCUT2D eigenvalue weighted by Crippen LogP contribution is 2.20. The number of carbonyl (C=O) groups is 1. The predicted octanol–water partition coefficient (Wildman–Crippen LogP) is 2.75. The van der Waals surface area contributed by atoms with Crippen LogP contribution in [0.1, 0.15) is 15.2 Å². The SMILES string of the molecule is Cc1ccc(NC(=O)c2cnns2)cc1Cl. The molecule has 2 rings (SSSR count). The molecular formula is C10H8ClN3OS. The third kappa shape index (κ3) is 2.37. The van der Waals surface area contributed by atoms with Crippen LogP contribution in [0.15, 0.2) is 24.4 Å². The Morgan fingerprint density at radius 3 is 2.94 bits per heavy atom. The summed E-state index contributed by atoms with van der Waals surface area (Å²) in [6, 6.07) is 5.36. The van der Waals surface area contributed by atoms with Crippen LogP contribution in [0.5, 0.6) is 0 Å².